The van der Waals surface area contributed by atoms with Gasteiger partial charge in [0.05, 0.1) is 18.6 Å². The van der Waals surface area contributed by atoms with E-state index in [1.165, 1.54) is 11.8 Å². The number of hydrogen-bond donors (Lipinski definition) is 1. The molecular formula is C15H18N2O3S. The highest BCUT2D eigenvalue weighted by Gasteiger charge is 2.10. The third kappa shape index (κ3) is 4.26. The van der Waals surface area contributed by atoms with Gasteiger partial charge in [0.2, 0.25) is 5.91 Å². The van der Waals surface area contributed by atoms with Crippen LogP contribution in [0.4, 0.5) is 5.69 Å². The first-order valence-corrected chi connectivity index (χ1v) is 7.69. The van der Waals surface area contributed by atoms with E-state index in [0.29, 0.717) is 11.5 Å². The predicted octanol–water partition coefficient (Wildman–Crippen LogP) is 3.17. The summed E-state index contributed by atoms with van der Waals surface area (Å²) in [5.41, 5.74) is 2.68. The molecule has 0 unspecified atom stereocenters. The van der Waals surface area contributed by atoms with E-state index in [9.17, 15) is 4.79 Å². The Balaban J connectivity index is 1.82. The van der Waals surface area contributed by atoms with Crippen LogP contribution in [0.1, 0.15) is 17.0 Å². The average molecular weight is 306 g/mol. The average Bonchev–Trinajstić information content (AvgIpc) is 2.79. The van der Waals surface area contributed by atoms with Gasteiger partial charge in [0.25, 0.3) is 0 Å². The number of aromatic nitrogens is 1. The maximum absolute atomic E-state index is 11.9. The first-order valence-electron chi connectivity index (χ1n) is 6.53. The second-order valence-corrected chi connectivity index (χ2v) is 5.56. The fourth-order valence-corrected chi connectivity index (χ4v) is 2.83. The van der Waals surface area contributed by atoms with Gasteiger partial charge in [-0.25, -0.2) is 0 Å². The quantitative estimate of drug-likeness (QED) is 0.888. The highest BCUT2D eigenvalue weighted by Crippen LogP contribution is 2.20. The van der Waals surface area contributed by atoms with E-state index in [0.717, 1.165) is 28.5 Å². The zero-order valence-electron chi connectivity index (χ0n) is 12.3. The molecule has 0 saturated carbocycles. The summed E-state index contributed by atoms with van der Waals surface area (Å²) >= 11 is 1.53. The maximum Gasteiger partial charge on any atom is 0.234 e. The van der Waals surface area contributed by atoms with Crippen LogP contribution in [0.15, 0.2) is 28.8 Å². The predicted molar refractivity (Wildman–Crippen MR) is 83.8 cm³/mol. The number of thioether (sulfide) groups is 1. The maximum atomic E-state index is 11.9. The van der Waals surface area contributed by atoms with Crippen molar-refractivity contribution in [3.05, 3.63) is 41.3 Å². The van der Waals surface area contributed by atoms with Crippen molar-refractivity contribution >= 4 is 23.4 Å². The van der Waals surface area contributed by atoms with Gasteiger partial charge in [0.1, 0.15) is 11.5 Å². The Morgan fingerprint density at radius 1 is 1.43 bits per heavy atom. The number of carbonyl (C=O) groups excluding carboxylic acids is 1. The van der Waals surface area contributed by atoms with Gasteiger partial charge < -0.3 is 14.6 Å². The Kier molecular flexibility index (Phi) is 5.27. The number of methoxy groups -OCH3 is 1. The van der Waals surface area contributed by atoms with Crippen molar-refractivity contribution in [1.82, 2.24) is 5.16 Å². The summed E-state index contributed by atoms with van der Waals surface area (Å²) in [6.07, 6.45) is 0. The van der Waals surface area contributed by atoms with Gasteiger partial charge in [0.15, 0.2) is 0 Å². The molecular weight excluding hydrogens is 288 g/mol. The minimum absolute atomic E-state index is 0.0417. The van der Waals surface area contributed by atoms with Crippen molar-refractivity contribution in [2.75, 3.05) is 18.2 Å². The summed E-state index contributed by atoms with van der Waals surface area (Å²) in [5, 5.41) is 6.75. The largest absolute Gasteiger partial charge is 0.497 e. The van der Waals surface area contributed by atoms with Gasteiger partial charge in [-0.2, -0.15) is 0 Å². The molecule has 0 spiro atoms. The van der Waals surface area contributed by atoms with E-state index in [-0.39, 0.29) is 5.91 Å². The minimum Gasteiger partial charge on any atom is -0.497 e. The van der Waals surface area contributed by atoms with Crippen molar-refractivity contribution in [1.29, 1.82) is 0 Å². The van der Waals surface area contributed by atoms with Crippen LogP contribution in [-0.4, -0.2) is 23.9 Å². The zero-order chi connectivity index (χ0) is 15.2. The molecule has 2 rings (SSSR count). The fraction of sp³-hybridized carbons (Fsp3) is 0.333. The molecule has 0 atom stereocenters. The summed E-state index contributed by atoms with van der Waals surface area (Å²) in [5.74, 6) is 2.58. The minimum atomic E-state index is -0.0417. The Bertz CT molecular complexity index is 606. The highest BCUT2D eigenvalue weighted by atomic mass is 32.2. The molecule has 1 aromatic carbocycles. The van der Waals surface area contributed by atoms with Crippen molar-refractivity contribution in [2.24, 2.45) is 0 Å². The Morgan fingerprint density at radius 3 is 2.90 bits per heavy atom. The lowest BCUT2D eigenvalue weighted by Crippen LogP contribution is -2.14. The topological polar surface area (TPSA) is 64.4 Å². The van der Waals surface area contributed by atoms with E-state index in [2.05, 4.69) is 10.5 Å². The van der Waals surface area contributed by atoms with Crippen LogP contribution in [0.5, 0.6) is 5.75 Å². The number of nitrogens with zero attached hydrogens (tertiary/aromatic N) is 1. The van der Waals surface area contributed by atoms with Crippen LogP contribution in [0.25, 0.3) is 0 Å². The van der Waals surface area contributed by atoms with Crippen molar-refractivity contribution < 1.29 is 14.1 Å². The van der Waals surface area contributed by atoms with Gasteiger partial charge in [0, 0.05) is 23.1 Å². The lowest BCUT2D eigenvalue weighted by atomic mass is 10.2. The molecule has 0 fully saturated rings. The number of ether oxygens (including phenoxy) is 1. The van der Waals surface area contributed by atoms with E-state index < -0.39 is 0 Å². The molecule has 1 amide bonds. The number of amides is 1. The lowest BCUT2D eigenvalue weighted by molar-refractivity contribution is -0.113. The van der Waals surface area contributed by atoms with E-state index >= 15 is 0 Å². The second kappa shape index (κ2) is 7.17. The Labute approximate surface area is 128 Å². The number of carbonyl (C=O) groups is 1. The van der Waals surface area contributed by atoms with Gasteiger partial charge in [-0.15, -0.1) is 11.8 Å². The monoisotopic (exact) mass is 306 g/mol. The molecule has 0 aliphatic rings. The molecule has 2 aromatic rings. The molecule has 1 heterocycles. The highest BCUT2D eigenvalue weighted by molar-refractivity contribution is 7.99. The fourth-order valence-electron chi connectivity index (χ4n) is 1.85. The number of rotatable bonds is 6. The summed E-state index contributed by atoms with van der Waals surface area (Å²) in [4.78, 5) is 11.9. The van der Waals surface area contributed by atoms with Crippen LogP contribution < -0.4 is 10.1 Å². The Morgan fingerprint density at radius 2 is 2.24 bits per heavy atom. The third-order valence-corrected chi connectivity index (χ3v) is 3.97. The van der Waals surface area contributed by atoms with Crippen LogP contribution in [0, 0.1) is 13.8 Å². The van der Waals surface area contributed by atoms with Crippen LogP contribution >= 0.6 is 11.8 Å². The molecule has 0 saturated heterocycles. The molecule has 5 nitrogen and oxygen atoms in total. The van der Waals surface area contributed by atoms with Gasteiger partial charge in [-0.3, -0.25) is 4.79 Å². The molecule has 0 radical (unpaired) electrons. The van der Waals surface area contributed by atoms with E-state index in [1.54, 1.807) is 13.2 Å². The van der Waals surface area contributed by atoms with Crippen molar-refractivity contribution in [3.8, 4) is 5.75 Å². The van der Waals surface area contributed by atoms with E-state index in [1.807, 2.05) is 32.0 Å². The molecule has 6 heteroatoms. The molecule has 1 aromatic heterocycles. The smallest absolute Gasteiger partial charge is 0.234 e. The molecule has 0 aliphatic carbocycles. The standard InChI is InChI=1S/C15H18N2O3S/c1-10-14(11(2)20-17-10)8-21-9-15(18)16-12-5-4-6-13(7-12)19-3/h4-7H,8-9H2,1-3H3,(H,16,18). The van der Waals surface area contributed by atoms with Gasteiger partial charge >= 0.3 is 0 Å². The summed E-state index contributed by atoms with van der Waals surface area (Å²) in [6, 6.07) is 7.30. The molecule has 21 heavy (non-hydrogen) atoms. The van der Waals surface area contributed by atoms with Crippen molar-refractivity contribution in [3.63, 3.8) is 0 Å². The van der Waals surface area contributed by atoms with Gasteiger partial charge in [-0.1, -0.05) is 11.2 Å². The zero-order valence-corrected chi connectivity index (χ0v) is 13.1. The number of aryl methyl sites for hydroxylation is 2. The van der Waals surface area contributed by atoms with Crippen LogP contribution in [-0.2, 0) is 10.5 Å². The van der Waals surface area contributed by atoms with Crippen LogP contribution in [0.3, 0.4) is 0 Å². The number of anilines is 1. The number of nitrogens with one attached hydrogen (secondary N) is 1. The molecule has 112 valence electrons. The molecule has 1 N–H and O–H groups in total. The van der Waals surface area contributed by atoms with Crippen LogP contribution in [0.2, 0.25) is 0 Å². The molecule has 0 bridgehead atoms. The number of benzene rings is 1. The summed E-state index contributed by atoms with van der Waals surface area (Å²) in [6.45, 7) is 3.79. The third-order valence-electron chi connectivity index (χ3n) is 3.01. The van der Waals surface area contributed by atoms with Crippen molar-refractivity contribution in [2.45, 2.75) is 19.6 Å². The first-order chi connectivity index (χ1) is 10.1. The first kappa shape index (κ1) is 15.4. The summed E-state index contributed by atoms with van der Waals surface area (Å²) in [7, 11) is 1.60. The van der Waals surface area contributed by atoms with E-state index in [4.69, 9.17) is 9.26 Å². The lowest BCUT2D eigenvalue weighted by Gasteiger charge is -2.07. The molecule has 0 aliphatic heterocycles. The normalized spacial score (nSPS) is 10.4. The second-order valence-electron chi connectivity index (χ2n) is 4.58. The summed E-state index contributed by atoms with van der Waals surface area (Å²) < 4.78 is 10.2. The number of hydrogen-bond acceptors (Lipinski definition) is 5. The Hall–Kier alpha value is -1.95. The van der Waals surface area contributed by atoms with Gasteiger partial charge in [-0.05, 0) is 26.0 Å². The SMILES string of the molecule is COc1cccc(NC(=O)CSCc2c(C)noc2C)c1.